The van der Waals surface area contributed by atoms with Crippen LogP contribution in [0.15, 0.2) is 24.3 Å². The first-order valence-electron chi connectivity index (χ1n) is 23.4. The quantitative estimate of drug-likeness (QED) is 0.131. The molecule has 0 radical (unpaired) electrons. The number of aliphatic hydroxyl groups excluding tert-OH is 1. The third-order valence-electron chi connectivity index (χ3n) is 13.2. The molecule has 368 valence electrons. The van der Waals surface area contributed by atoms with E-state index in [-0.39, 0.29) is 74.7 Å². The number of nitrogens with two attached hydrogens (primary N) is 1. The number of rotatable bonds is 16. The van der Waals surface area contributed by atoms with Crippen molar-refractivity contribution in [3.63, 3.8) is 0 Å². The van der Waals surface area contributed by atoms with Crippen LogP contribution in [0.25, 0.3) is 0 Å². The van der Waals surface area contributed by atoms with E-state index in [1.807, 2.05) is 13.8 Å². The summed E-state index contributed by atoms with van der Waals surface area (Å²) < 4.78 is 5.94. The number of ketones is 2. The Balaban J connectivity index is 2.27. The fourth-order valence-electron chi connectivity index (χ4n) is 8.42. The van der Waals surface area contributed by atoms with Crippen LogP contribution in [0.5, 0.6) is 5.75 Å². The summed E-state index contributed by atoms with van der Waals surface area (Å²) in [4.78, 5) is 128. The maximum atomic E-state index is 14.7. The maximum absolute atomic E-state index is 14.7. The van der Waals surface area contributed by atoms with Crippen molar-refractivity contribution in [3.05, 3.63) is 29.8 Å². The number of hydrogen-bond acceptors (Lipinski definition) is 12. The number of cyclic esters (lactones) is 1. The highest BCUT2D eigenvalue weighted by atomic mass is 16.5. The van der Waals surface area contributed by atoms with Gasteiger partial charge in [0.15, 0.2) is 5.78 Å². The summed E-state index contributed by atoms with van der Waals surface area (Å²) in [6.45, 7) is 15.4. The molecule has 2 saturated heterocycles. The highest BCUT2D eigenvalue weighted by molar-refractivity contribution is 5.98. The van der Waals surface area contributed by atoms with Gasteiger partial charge >= 0.3 is 5.97 Å². The minimum Gasteiger partial charge on any atom is -0.508 e. The Morgan fingerprint density at radius 1 is 0.894 bits per heavy atom. The number of carbonyl (C=O) groups excluding carboxylic acids is 9. The Morgan fingerprint density at radius 2 is 1.52 bits per heavy atom. The molecule has 11 atom stereocenters. The molecule has 1 aromatic rings. The SMILES string of the molecule is CCC(C)[C@@H]1CC(=O)[C@@H]2CC[C@H](O)N2C(=O)[C@H](CC(C)C)NC(=O)[C@@H](NC(=O)[C@H](CCC(N)=O)CC(=O)C(C)C)[C@@H](C)OC(=O)[C@H](C(C)CC)NC(=O)[C@H](Cc2ccc(O)cc2)N(C)C1=O. The molecule has 2 aliphatic rings. The molecule has 0 saturated carbocycles. The Bertz CT molecular complexity index is 1910. The van der Waals surface area contributed by atoms with Crippen molar-refractivity contribution in [2.24, 2.45) is 41.2 Å². The number of phenolic OH excluding ortho intramolecular Hbond substituents is 1. The third-order valence-corrected chi connectivity index (χ3v) is 13.2. The number of Topliss-reactive ketones (excluding diaryl/α,β-unsaturated/α-hetero) is 2. The molecule has 66 heavy (non-hydrogen) atoms. The van der Waals surface area contributed by atoms with E-state index in [4.69, 9.17) is 10.5 Å². The normalized spacial score (nSPS) is 26.6. The van der Waals surface area contributed by atoms with Gasteiger partial charge in [-0.3, -0.25) is 38.4 Å². The molecule has 0 bridgehead atoms. The van der Waals surface area contributed by atoms with Gasteiger partial charge in [0.05, 0.1) is 6.04 Å². The minimum absolute atomic E-state index is 0.0225. The number of likely N-dealkylation sites (N-methyl/N-ethyl adjacent to an activating group) is 1. The van der Waals surface area contributed by atoms with E-state index in [0.717, 1.165) is 4.90 Å². The molecule has 0 aromatic heterocycles. The highest BCUT2D eigenvalue weighted by Crippen LogP contribution is 2.31. The number of nitrogens with zero attached hydrogens (tertiary/aromatic N) is 2. The van der Waals surface area contributed by atoms with E-state index in [1.165, 1.54) is 31.0 Å². The number of benzene rings is 1. The molecule has 0 spiro atoms. The molecular weight excluding hydrogens is 853 g/mol. The summed E-state index contributed by atoms with van der Waals surface area (Å²) in [5.74, 6) is -10.1. The maximum Gasteiger partial charge on any atom is 0.329 e. The highest BCUT2D eigenvalue weighted by Gasteiger charge is 2.46. The zero-order chi connectivity index (χ0) is 49.7. The average molecular weight is 927 g/mol. The molecule has 18 nitrogen and oxygen atoms in total. The molecule has 3 rings (SSSR count). The Labute approximate surface area is 388 Å². The lowest BCUT2D eigenvalue weighted by atomic mass is 9.84. The molecule has 7 N–H and O–H groups in total. The van der Waals surface area contributed by atoms with E-state index >= 15 is 0 Å². The van der Waals surface area contributed by atoms with Crippen LogP contribution in [-0.4, -0.2) is 123 Å². The van der Waals surface area contributed by atoms with Crippen molar-refractivity contribution in [2.75, 3.05) is 7.05 Å². The van der Waals surface area contributed by atoms with Crippen LogP contribution < -0.4 is 21.7 Å². The number of nitrogens with one attached hydrogen (secondary N) is 3. The number of ether oxygens (including phenoxy) is 1. The van der Waals surface area contributed by atoms with Gasteiger partial charge in [0, 0.05) is 50.5 Å². The van der Waals surface area contributed by atoms with Crippen LogP contribution in [0.4, 0.5) is 0 Å². The van der Waals surface area contributed by atoms with Gasteiger partial charge in [-0.25, -0.2) is 4.79 Å². The molecule has 2 heterocycles. The van der Waals surface area contributed by atoms with Crippen LogP contribution in [0.1, 0.15) is 126 Å². The number of carbonyl (C=O) groups is 9. The smallest absolute Gasteiger partial charge is 0.329 e. The first kappa shape index (κ1) is 54.9. The van der Waals surface area contributed by atoms with E-state index in [2.05, 4.69) is 16.0 Å². The zero-order valence-electron chi connectivity index (χ0n) is 40.3. The molecule has 1 aromatic carbocycles. The van der Waals surface area contributed by atoms with Gasteiger partial charge in [-0.15, -0.1) is 0 Å². The van der Waals surface area contributed by atoms with Crippen molar-refractivity contribution in [1.82, 2.24) is 25.8 Å². The summed E-state index contributed by atoms with van der Waals surface area (Å²) in [5.41, 5.74) is 5.98. The topological polar surface area (TPSA) is 272 Å². The molecule has 2 unspecified atom stereocenters. The minimum atomic E-state index is -1.72. The Morgan fingerprint density at radius 3 is 2.08 bits per heavy atom. The van der Waals surface area contributed by atoms with E-state index in [0.29, 0.717) is 18.4 Å². The average Bonchev–Trinajstić information content (AvgIpc) is 3.65. The standard InChI is InChI=1S/C48H74N6O12/c1-11-27(7)33-24-38(57)35-18-20-40(59)54(35)47(64)34(21-25(3)4)50-45(62)42(52-43(60)31(15-19-39(49)58)23-37(56)26(5)6)29(9)66-48(65)41(28(8)12-2)51-44(61)36(53(10)46(33)63)22-30-13-16-32(55)17-14-30/h13-14,16-17,25-29,31,33-36,40-42,55,59H,11-12,15,18-24H2,1-10H3,(H2,49,58)(H,50,62)(H,51,61)(H,52,60)/t27?,28?,29-,31-,33+,34+,35+,36+,40+,41+,42+/m1/s1. The van der Waals surface area contributed by atoms with Gasteiger partial charge in [0.25, 0.3) is 0 Å². The molecule has 0 aliphatic carbocycles. The number of primary amides is 1. The second kappa shape index (κ2) is 24.9. The molecule has 2 aliphatic heterocycles. The van der Waals surface area contributed by atoms with Gasteiger partial charge < -0.3 is 46.4 Å². The lowest BCUT2D eigenvalue weighted by Gasteiger charge is -2.35. The summed E-state index contributed by atoms with van der Waals surface area (Å²) in [6.07, 6.45) is -3.02. The number of aromatic hydroxyl groups is 1. The first-order chi connectivity index (χ1) is 30.9. The second-order valence-corrected chi connectivity index (χ2v) is 19.0. The largest absolute Gasteiger partial charge is 0.508 e. The number of aliphatic hydroxyl groups is 1. The predicted molar refractivity (Wildman–Crippen MR) is 243 cm³/mol. The van der Waals surface area contributed by atoms with Gasteiger partial charge in [-0.2, -0.15) is 0 Å². The number of amides is 6. The van der Waals surface area contributed by atoms with Gasteiger partial charge in [-0.05, 0) is 68.1 Å². The predicted octanol–water partition coefficient (Wildman–Crippen LogP) is 2.68. The number of phenols is 1. The second-order valence-electron chi connectivity index (χ2n) is 19.0. The number of hydrogen-bond donors (Lipinski definition) is 6. The van der Waals surface area contributed by atoms with Gasteiger partial charge in [-0.1, -0.05) is 80.4 Å². The van der Waals surface area contributed by atoms with Crippen molar-refractivity contribution >= 4 is 53.0 Å². The van der Waals surface area contributed by atoms with E-state index in [1.54, 1.807) is 53.7 Å². The Kier molecular flexibility index (Phi) is 20.8. The van der Waals surface area contributed by atoms with Crippen molar-refractivity contribution in [1.29, 1.82) is 0 Å². The summed E-state index contributed by atoms with van der Waals surface area (Å²) in [7, 11) is 1.44. The van der Waals surface area contributed by atoms with Crippen LogP contribution in [-0.2, 0) is 54.3 Å². The molecule has 2 fully saturated rings. The lowest BCUT2D eigenvalue weighted by Crippen LogP contribution is -2.61. The van der Waals surface area contributed by atoms with Crippen LogP contribution in [0.3, 0.4) is 0 Å². The molecule has 18 heteroatoms. The summed E-state index contributed by atoms with van der Waals surface area (Å²) in [5, 5.41) is 29.4. The fourth-order valence-corrected chi connectivity index (χ4v) is 8.42. The third kappa shape index (κ3) is 14.8. The summed E-state index contributed by atoms with van der Waals surface area (Å²) >= 11 is 0. The van der Waals surface area contributed by atoms with E-state index in [9.17, 15) is 53.4 Å². The van der Waals surface area contributed by atoms with E-state index < -0.39 is 113 Å². The zero-order valence-corrected chi connectivity index (χ0v) is 40.3. The Hall–Kier alpha value is -5.39. The monoisotopic (exact) mass is 927 g/mol. The van der Waals surface area contributed by atoms with Crippen molar-refractivity contribution in [2.45, 2.75) is 169 Å². The van der Waals surface area contributed by atoms with Crippen molar-refractivity contribution < 1.29 is 58.1 Å². The molecule has 6 amide bonds. The fraction of sp³-hybridized carbons (Fsp3) is 0.688. The van der Waals surface area contributed by atoms with Crippen molar-refractivity contribution in [3.8, 4) is 5.75 Å². The summed E-state index contributed by atoms with van der Waals surface area (Å²) in [6, 6.07) is -0.796. The number of fused-ring (bicyclic) bond motifs is 1. The van der Waals surface area contributed by atoms with Gasteiger partial charge in [0.2, 0.25) is 35.4 Å². The van der Waals surface area contributed by atoms with Gasteiger partial charge in [0.1, 0.15) is 48.0 Å². The van der Waals surface area contributed by atoms with Crippen LogP contribution in [0.2, 0.25) is 0 Å². The molecular formula is C48H74N6O12. The lowest BCUT2D eigenvalue weighted by molar-refractivity contribution is -0.158. The van der Waals surface area contributed by atoms with Crippen LogP contribution in [0, 0.1) is 35.5 Å². The van der Waals surface area contributed by atoms with Crippen LogP contribution >= 0.6 is 0 Å². The number of esters is 1. The first-order valence-corrected chi connectivity index (χ1v) is 23.4.